The molecule has 166 valence electrons. The van der Waals surface area contributed by atoms with Crippen molar-refractivity contribution in [2.45, 2.75) is 26.3 Å². The summed E-state index contributed by atoms with van der Waals surface area (Å²) in [7, 11) is 0. The van der Waals surface area contributed by atoms with Gasteiger partial charge in [-0.15, -0.1) is 0 Å². The highest BCUT2D eigenvalue weighted by Gasteiger charge is 2.12. The zero-order valence-electron chi connectivity index (χ0n) is 17.6. The molecule has 9 nitrogen and oxygen atoms in total. The van der Waals surface area contributed by atoms with Crippen molar-refractivity contribution in [2.24, 2.45) is 0 Å². The van der Waals surface area contributed by atoms with Crippen molar-refractivity contribution < 1.29 is 23.9 Å². The number of ether oxygens (including phenoxy) is 2. The van der Waals surface area contributed by atoms with Crippen molar-refractivity contribution in [1.29, 1.82) is 0 Å². The number of fused-ring (bicyclic) bond motifs is 1. The van der Waals surface area contributed by atoms with Crippen LogP contribution in [0.1, 0.15) is 30.1 Å². The molecule has 0 unspecified atom stereocenters. The predicted molar refractivity (Wildman–Crippen MR) is 117 cm³/mol. The van der Waals surface area contributed by atoms with E-state index in [1.165, 1.54) is 18.5 Å². The molecule has 1 aromatic heterocycles. The summed E-state index contributed by atoms with van der Waals surface area (Å²) in [5.74, 6) is -1.73. The molecule has 9 heteroatoms. The smallest absolute Gasteiger partial charge is 0.338 e. The van der Waals surface area contributed by atoms with Crippen LogP contribution in [0, 0.1) is 0 Å². The topological polar surface area (TPSA) is 117 Å². The summed E-state index contributed by atoms with van der Waals surface area (Å²) in [6, 6.07) is 13.0. The molecule has 0 saturated carbocycles. The van der Waals surface area contributed by atoms with E-state index in [4.69, 9.17) is 9.47 Å². The van der Waals surface area contributed by atoms with Crippen LogP contribution in [-0.2, 0) is 25.6 Å². The molecule has 0 saturated heterocycles. The van der Waals surface area contributed by atoms with Crippen molar-refractivity contribution in [3.05, 3.63) is 70.8 Å². The van der Waals surface area contributed by atoms with E-state index >= 15 is 0 Å². The molecule has 1 heterocycles. The molecule has 0 spiro atoms. The Hall–Kier alpha value is -4.01. The molecule has 1 amide bonds. The maximum Gasteiger partial charge on any atom is 0.338 e. The van der Waals surface area contributed by atoms with Gasteiger partial charge in [0, 0.05) is 5.69 Å². The number of para-hydroxylation sites is 1. The predicted octanol–water partition coefficient (Wildman–Crippen LogP) is 2.54. The molecule has 0 aliphatic rings. The molecule has 3 rings (SSSR count). The number of nitrogens with one attached hydrogen (secondary N) is 1. The lowest BCUT2D eigenvalue weighted by Crippen LogP contribution is -2.28. The first kappa shape index (κ1) is 22.7. The van der Waals surface area contributed by atoms with Gasteiger partial charge in [0.05, 0.1) is 29.4 Å². The number of amides is 1. The SMILES string of the molecule is CCCCOC(=O)c1ccc(NC(=O)COC(=O)Cn2cnc3ccccc3c2=O)cc1. The Kier molecular flexibility index (Phi) is 7.69. The van der Waals surface area contributed by atoms with Crippen LogP contribution in [0.25, 0.3) is 10.9 Å². The number of anilines is 1. The van der Waals surface area contributed by atoms with E-state index in [2.05, 4.69) is 10.3 Å². The first-order chi connectivity index (χ1) is 15.5. The lowest BCUT2D eigenvalue weighted by molar-refractivity contribution is -0.147. The number of carbonyl (C=O) groups is 3. The molecule has 0 atom stereocenters. The summed E-state index contributed by atoms with van der Waals surface area (Å²) in [5.41, 5.74) is 0.970. The van der Waals surface area contributed by atoms with Gasteiger partial charge >= 0.3 is 11.9 Å². The average molecular weight is 437 g/mol. The van der Waals surface area contributed by atoms with Gasteiger partial charge in [-0.05, 0) is 42.8 Å². The zero-order chi connectivity index (χ0) is 22.9. The molecule has 3 aromatic rings. The number of benzene rings is 2. The summed E-state index contributed by atoms with van der Waals surface area (Å²) in [6.45, 7) is 1.48. The number of esters is 2. The monoisotopic (exact) mass is 437 g/mol. The molecule has 32 heavy (non-hydrogen) atoms. The first-order valence-electron chi connectivity index (χ1n) is 10.1. The van der Waals surface area contributed by atoms with E-state index in [1.54, 1.807) is 36.4 Å². The molecule has 1 N–H and O–H groups in total. The molecule has 0 aliphatic carbocycles. The Bertz CT molecular complexity index is 1170. The number of carbonyl (C=O) groups excluding carboxylic acids is 3. The zero-order valence-corrected chi connectivity index (χ0v) is 17.6. The van der Waals surface area contributed by atoms with Gasteiger partial charge in [0.15, 0.2) is 6.61 Å². The highest BCUT2D eigenvalue weighted by atomic mass is 16.5. The van der Waals surface area contributed by atoms with Gasteiger partial charge in [-0.25, -0.2) is 9.78 Å². The molecular weight excluding hydrogens is 414 g/mol. The second-order valence-corrected chi connectivity index (χ2v) is 6.97. The van der Waals surface area contributed by atoms with Crippen molar-refractivity contribution in [2.75, 3.05) is 18.5 Å². The fraction of sp³-hybridized carbons (Fsp3) is 0.261. The molecule has 0 bridgehead atoms. The minimum atomic E-state index is -0.746. The highest BCUT2D eigenvalue weighted by molar-refractivity contribution is 5.94. The van der Waals surface area contributed by atoms with Gasteiger partial charge in [0.2, 0.25) is 0 Å². The Morgan fingerprint density at radius 3 is 2.53 bits per heavy atom. The van der Waals surface area contributed by atoms with Crippen LogP contribution in [0.15, 0.2) is 59.7 Å². The minimum absolute atomic E-state index is 0.362. The van der Waals surface area contributed by atoms with Crippen LogP contribution < -0.4 is 10.9 Å². The van der Waals surface area contributed by atoms with E-state index in [1.807, 2.05) is 6.92 Å². The fourth-order valence-electron chi connectivity index (χ4n) is 2.83. The van der Waals surface area contributed by atoms with Crippen LogP contribution in [0.5, 0.6) is 0 Å². The van der Waals surface area contributed by atoms with E-state index in [0.717, 1.165) is 17.4 Å². The maximum atomic E-state index is 12.4. The van der Waals surface area contributed by atoms with Crippen LogP contribution in [0.2, 0.25) is 0 Å². The molecule has 2 aromatic carbocycles. The van der Waals surface area contributed by atoms with Crippen LogP contribution in [0.3, 0.4) is 0 Å². The molecule has 0 radical (unpaired) electrons. The summed E-state index contributed by atoms with van der Waals surface area (Å²) in [5, 5.41) is 2.95. The standard InChI is InChI=1S/C23H23N3O6/c1-2-3-12-31-23(30)16-8-10-17(11-9-16)25-20(27)14-32-21(28)13-26-15-24-19-7-5-4-6-18(19)22(26)29/h4-11,15H,2-3,12-14H2,1H3,(H,25,27). The summed E-state index contributed by atoms with van der Waals surface area (Å²) in [6.07, 6.45) is 2.99. The second kappa shape index (κ2) is 10.9. The van der Waals surface area contributed by atoms with Crippen LogP contribution in [-0.4, -0.2) is 40.6 Å². The lowest BCUT2D eigenvalue weighted by atomic mass is 10.2. The van der Waals surface area contributed by atoms with E-state index < -0.39 is 24.5 Å². The highest BCUT2D eigenvalue weighted by Crippen LogP contribution is 2.11. The number of unbranched alkanes of at least 4 members (excludes halogenated alkanes) is 1. The minimum Gasteiger partial charge on any atom is -0.462 e. The second-order valence-electron chi connectivity index (χ2n) is 6.97. The van der Waals surface area contributed by atoms with E-state index in [0.29, 0.717) is 28.8 Å². The Balaban J connectivity index is 1.48. The summed E-state index contributed by atoms with van der Waals surface area (Å²) >= 11 is 0. The third kappa shape index (κ3) is 6.00. The van der Waals surface area contributed by atoms with Crippen LogP contribution in [0.4, 0.5) is 5.69 Å². The van der Waals surface area contributed by atoms with Gasteiger partial charge in [-0.3, -0.25) is 19.0 Å². The average Bonchev–Trinajstić information content (AvgIpc) is 2.80. The van der Waals surface area contributed by atoms with Gasteiger partial charge < -0.3 is 14.8 Å². The van der Waals surface area contributed by atoms with Crippen molar-refractivity contribution in [3.63, 3.8) is 0 Å². The van der Waals surface area contributed by atoms with Gasteiger partial charge in [-0.1, -0.05) is 25.5 Å². The van der Waals surface area contributed by atoms with Crippen molar-refractivity contribution >= 4 is 34.4 Å². The van der Waals surface area contributed by atoms with Crippen LogP contribution >= 0.6 is 0 Å². The quantitative estimate of drug-likeness (QED) is 0.404. The Labute approximate surface area is 184 Å². The van der Waals surface area contributed by atoms with Crippen molar-refractivity contribution in [1.82, 2.24) is 9.55 Å². The Morgan fingerprint density at radius 1 is 1.03 bits per heavy atom. The third-order valence-corrected chi connectivity index (χ3v) is 4.53. The number of hydrogen-bond acceptors (Lipinski definition) is 7. The maximum absolute atomic E-state index is 12.4. The molecule has 0 aliphatic heterocycles. The Morgan fingerprint density at radius 2 is 1.78 bits per heavy atom. The molecule has 0 fully saturated rings. The van der Waals surface area contributed by atoms with Crippen molar-refractivity contribution in [3.8, 4) is 0 Å². The van der Waals surface area contributed by atoms with Gasteiger partial charge in [-0.2, -0.15) is 0 Å². The number of aromatic nitrogens is 2. The first-order valence-corrected chi connectivity index (χ1v) is 10.1. The summed E-state index contributed by atoms with van der Waals surface area (Å²) in [4.78, 5) is 52.5. The number of nitrogens with zero attached hydrogens (tertiary/aromatic N) is 2. The molecular formula is C23H23N3O6. The lowest BCUT2D eigenvalue weighted by Gasteiger charge is -2.09. The largest absolute Gasteiger partial charge is 0.462 e. The fourth-order valence-corrected chi connectivity index (χ4v) is 2.83. The van der Waals surface area contributed by atoms with Gasteiger partial charge in [0.25, 0.3) is 11.5 Å². The van der Waals surface area contributed by atoms with E-state index in [9.17, 15) is 19.2 Å². The normalized spacial score (nSPS) is 10.5. The number of hydrogen-bond donors (Lipinski definition) is 1. The third-order valence-electron chi connectivity index (χ3n) is 4.53. The number of rotatable bonds is 9. The van der Waals surface area contributed by atoms with E-state index in [-0.39, 0.29) is 12.1 Å². The van der Waals surface area contributed by atoms with Gasteiger partial charge in [0.1, 0.15) is 6.54 Å². The summed E-state index contributed by atoms with van der Waals surface area (Å²) < 4.78 is 11.2.